The molecule has 1 atom stereocenters. The van der Waals surface area contributed by atoms with Gasteiger partial charge in [-0.25, -0.2) is 0 Å². The minimum Gasteiger partial charge on any atom is -0.344 e. The standard InChI is InChI=1S/C17H28N4O/c1-13-7-5-6-8-15(13)16(20(2)3)17(22)21(4)10-9-14-11-18-19-12-14/h5-8,14,16,18-19H,9-12H2,1-4H3. The maximum atomic E-state index is 12.9. The van der Waals surface area contributed by atoms with Crippen LogP contribution in [0.4, 0.5) is 0 Å². The number of nitrogens with one attached hydrogen (secondary N) is 2. The molecule has 5 nitrogen and oxygen atoms in total. The van der Waals surface area contributed by atoms with E-state index in [0.29, 0.717) is 5.92 Å². The third-order valence-corrected chi connectivity index (χ3v) is 4.39. The molecule has 1 amide bonds. The van der Waals surface area contributed by atoms with Gasteiger partial charge in [-0.05, 0) is 44.5 Å². The maximum absolute atomic E-state index is 12.9. The summed E-state index contributed by atoms with van der Waals surface area (Å²) in [4.78, 5) is 16.8. The molecule has 1 heterocycles. The number of hydrazine groups is 1. The topological polar surface area (TPSA) is 47.6 Å². The molecule has 0 saturated carbocycles. The SMILES string of the molecule is Cc1ccccc1C(C(=O)N(C)CCC1CNNC1)N(C)C. The van der Waals surface area contributed by atoms with Crippen molar-refractivity contribution in [2.24, 2.45) is 5.92 Å². The summed E-state index contributed by atoms with van der Waals surface area (Å²) >= 11 is 0. The van der Waals surface area contributed by atoms with Gasteiger partial charge >= 0.3 is 0 Å². The molecule has 1 aliphatic heterocycles. The lowest BCUT2D eigenvalue weighted by atomic mass is 9.99. The van der Waals surface area contributed by atoms with Crippen molar-refractivity contribution in [1.82, 2.24) is 20.7 Å². The summed E-state index contributed by atoms with van der Waals surface area (Å²) < 4.78 is 0. The highest BCUT2D eigenvalue weighted by Crippen LogP contribution is 2.24. The second-order valence-corrected chi connectivity index (χ2v) is 6.40. The fourth-order valence-corrected chi connectivity index (χ4v) is 2.93. The molecule has 1 aromatic carbocycles. The van der Waals surface area contributed by atoms with E-state index in [0.717, 1.165) is 37.2 Å². The lowest BCUT2D eigenvalue weighted by Gasteiger charge is -2.30. The lowest BCUT2D eigenvalue weighted by molar-refractivity contribution is -0.135. The van der Waals surface area contributed by atoms with Crippen LogP contribution in [0.1, 0.15) is 23.6 Å². The fraction of sp³-hybridized carbons (Fsp3) is 0.588. The molecule has 0 aromatic heterocycles. The molecule has 0 aliphatic carbocycles. The molecular weight excluding hydrogens is 276 g/mol. The van der Waals surface area contributed by atoms with E-state index < -0.39 is 0 Å². The van der Waals surface area contributed by atoms with Crippen LogP contribution < -0.4 is 10.9 Å². The minimum atomic E-state index is -0.217. The first-order valence-corrected chi connectivity index (χ1v) is 7.93. The van der Waals surface area contributed by atoms with Crippen molar-refractivity contribution in [3.8, 4) is 0 Å². The molecule has 0 spiro atoms. The van der Waals surface area contributed by atoms with Gasteiger partial charge in [0.1, 0.15) is 6.04 Å². The van der Waals surface area contributed by atoms with Crippen LogP contribution in [0.2, 0.25) is 0 Å². The smallest absolute Gasteiger partial charge is 0.244 e. The van der Waals surface area contributed by atoms with E-state index in [4.69, 9.17) is 0 Å². The number of carbonyl (C=O) groups excluding carboxylic acids is 1. The van der Waals surface area contributed by atoms with Gasteiger partial charge in [-0.15, -0.1) is 0 Å². The molecule has 1 unspecified atom stereocenters. The Kier molecular flexibility index (Phi) is 5.94. The fourth-order valence-electron chi connectivity index (χ4n) is 2.93. The average molecular weight is 304 g/mol. The molecule has 22 heavy (non-hydrogen) atoms. The van der Waals surface area contributed by atoms with Gasteiger partial charge in [0.15, 0.2) is 0 Å². The summed E-state index contributed by atoms with van der Waals surface area (Å²) in [5.41, 5.74) is 8.53. The van der Waals surface area contributed by atoms with Gasteiger partial charge in [-0.2, -0.15) is 0 Å². The molecule has 0 bridgehead atoms. The van der Waals surface area contributed by atoms with E-state index in [1.54, 1.807) is 0 Å². The largest absolute Gasteiger partial charge is 0.344 e. The summed E-state index contributed by atoms with van der Waals surface area (Å²) in [5.74, 6) is 0.768. The second-order valence-electron chi connectivity index (χ2n) is 6.40. The summed E-state index contributed by atoms with van der Waals surface area (Å²) in [6, 6.07) is 7.92. The van der Waals surface area contributed by atoms with Crippen LogP contribution in [0.3, 0.4) is 0 Å². The van der Waals surface area contributed by atoms with Crippen LogP contribution in [0.15, 0.2) is 24.3 Å². The molecular formula is C17H28N4O. The van der Waals surface area contributed by atoms with Crippen molar-refractivity contribution in [3.05, 3.63) is 35.4 Å². The highest BCUT2D eigenvalue weighted by atomic mass is 16.2. The van der Waals surface area contributed by atoms with Gasteiger partial charge in [-0.3, -0.25) is 20.5 Å². The van der Waals surface area contributed by atoms with Crippen molar-refractivity contribution >= 4 is 5.91 Å². The number of aryl methyl sites for hydroxylation is 1. The highest BCUT2D eigenvalue weighted by Gasteiger charge is 2.27. The Labute approximate surface area is 133 Å². The van der Waals surface area contributed by atoms with Gasteiger partial charge in [0.25, 0.3) is 0 Å². The van der Waals surface area contributed by atoms with E-state index in [9.17, 15) is 4.79 Å². The number of hydrogen-bond donors (Lipinski definition) is 2. The second kappa shape index (κ2) is 7.72. The van der Waals surface area contributed by atoms with E-state index >= 15 is 0 Å². The summed E-state index contributed by atoms with van der Waals surface area (Å²) in [7, 11) is 5.84. The van der Waals surface area contributed by atoms with Gasteiger partial charge in [-0.1, -0.05) is 24.3 Å². The molecule has 1 aromatic rings. The van der Waals surface area contributed by atoms with Gasteiger partial charge in [0.2, 0.25) is 5.91 Å². The molecule has 1 fully saturated rings. The third-order valence-electron chi connectivity index (χ3n) is 4.39. The summed E-state index contributed by atoms with van der Waals surface area (Å²) in [5, 5.41) is 0. The van der Waals surface area contributed by atoms with Crippen LogP contribution >= 0.6 is 0 Å². The van der Waals surface area contributed by atoms with Crippen LogP contribution in [-0.4, -0.2) is 56.5 Å². The Morgan fingerprint density at radius 1 is 1.23 bits per heavy atom. The monoisotopic (exact) mass is 304 g/mol. The molecule has 1 aliphatic rings. The van der Waals surface area contributed by atoms with E-state index in [1.807, 2.05) is 43.1 Å². The number of benzene rings is 1. The number of likely N-dealkylation sites (N-methyl/N-ethyl adjacent to an activating group) is 2. The molecule has 0 radical (unpaired) electrons. The first-order chi connectivity index (χ1) is 10.5. The van der Waals surface area contributed by atoms with E-state index in [2.05, 4.69) is 29.9 Å². The van der Waals surface area contributed by atoms with Gasteiger partial charge < -0.3 is 4.90 Å². The van der Waals surface area contributed by atoms with Crippen molar-refractivity contribution in [2.45, 2.75) is 19.4 Å². The Morgan fingerprint density at radius 2 is 1.86 bits per heavy atom. The predicted molar refractivity (Wildman–Crippen MR) is 89.4 cm³/mol. The van der Waals surface area contributed by atoms with Crippen molar-refractivity contribution in [3.63, 3.8) is 0 Å². The maximum Gasteiger partial charge on any atom is 0.244 e. The third kappa shape index (κ3) is 4.06. The average Bonchev–Trinajstić information content (AvgIpc) is 3.00. The number of hydrogen-bond acceptors (Lipinski definition) is 4. The molecule has 5 heteroatoms. The Bertz CT molecular complexity index is 497. The molecule has 1 saturated heterocycles. The first-order valence-electron chi connectivity index (χ1n) is 7.93. The van der Waals surface area contributed by atoms with Crippen LogP contribution in [0.25, 0.3) is 0 Å². The number of carbonyl (C=O) groups is 1. The molecule has 122 valence electrons. The van der Waals surface area contributed by atoms with Gasteiger partial charge in [0, 0.05) is 26.7 Å². The zero-order valence-corrected chi connectivity index (χ0v) is 14.1. The van der Waals surface area contributed by atoms with Crippen LogP contribution in [-0.2, 0) is 4.79 Å². The molecule has 2 N–H and O–H groups in total. The van der Waals surface area contributed by atoms with Crippen LogP contribution in [0, 0.1) is 12.8 Å². The van der Waals surface area contributed by atoms with Crippen molar-refractivity contribution in [2.75, 3.05) is 40.8 Å². The normalized spacial score (nSPS) is 17.0. The first kappa shape index (κ1) is 16.9. The van der Waals surface area contributed by atoms with E-state index in [-0.39, 0.29) is 11.9 Å². The summed E-state index contributed by atoms with van der Waals surface area (Å²) in [6.07, 6.45) is 1.02. The van der Waals surface area contributed by atoms with Crippen LogP contribution in [0.5, 0.6) is 0 Å². The van der Waals surface area contributed by atoms with Gasteiger partial charge in [0.05, 0.1) is 0 Å². The Balaban J connectivity index is 2.04. The number of amides is 1. The lowest BCUT2D eigenvalue weighted by Crippen LogP contribution is -2.39. The molecule has 2 rings (SSSR count). The van der Waals surface area contributed by atoms with E-state index in [1.165, 1.54) is 0 Å². The zero-order valence-electron chi connectivity index (χ0n) is 14.1. The predicted octanol–water partition coefficient (Wildman–Crippen LogP) is 1.17. The minimum absolute atomic E-state index is 0.165. The Hall–Kier alpha value is -1.43. The van der Waals surface area contributed by atoms with Crippen molar-refractivity contribution < 1.29 is 4.79 Å². The Morgan fingerprint density at radius 3 is 2.45 bits per heavy atom. The highest BCUT2D eigenvalue weighted by molar-refractivity contribution is 5.83. The number of nitrogens with zero attached hydrogens (tertiary/aromatic N) is 2. The summed E-state index contributed by atoms with van der Waals surface area (Å²) in [6.45, 7) is 4.83. The van der Waals surface area contributed by atoms with Crippen molar-refractivity contribution in [1.29, 1.82) is 0 Å². The zero-order chi connectivity index (χ0) is 16.1. The quantitative estimate of drug-likeness (QED) is 0.828. The number of rotatable bonds is 6.